The Bertz CT molecular complexity index is 201. The van der Waals surface area contributed by atoms with Crippen LogP contribution in [0.1, 0.15) is 0 Å². The third kappa shape index (κ3) is 1.23. The number of hydrogen-bond donors (Lipinski definition) is 1. The average Bonchev–Trinajstić information content (AvgIpc) is 1.85. The van der Waals surface area contributed by atoms with Gasteiger partial charge in [-0.25, -0.2) is 0 Å². The first-order valence-electron chi connectivity index (χ1n) is 2.70. The number of nitrogens with one attached hydrogen (secondary N) is 1. The maximum atomic E-state index is 10.5. The Morgan fingerprint density at radius 2 is 1.90 bits per heavy atom. The maximum Gasteiger partial charge on any atom is 0.246 e. The summed E-state index contributed by atoms with van der Waals surface area (Å²) in [6.45, 7) is -0.0233. The lowest BCUT2D eigenvalue weighted by Crippen LogP contribution is -2.49. The predicted octanol–water partition coefficient (Wildman–Crippen LogP) is -1.57. The summed E-state index contributed by atoms with van der Waals surface area (Å²) < 4.78 is 0. The van der Waals surface area contributed by atoms with E-state index in [1.807, 2.05) is 0 Å². The van der Waals surface area contributed by atoms with Crippen molar-refractivity contribution in [1.29, 1.82) is 5.26 Å². The number of hydrogen-bond acceptors (Lipinski definition) is 4. The van der Waals surface area contributed by atoms with Gasteiger partial charge in [-0.1, -0.05) is 0 Å². The number of carbonyl (C=O) groups is 2. The van der Waals surface area contributed by atoms with E-state index >= 15 is 0 Å². The smallest absolute Gasteiger partial charge is 0.246 e. The quantitative estimate of drug-likeness (QED) is 0.325. The van der Waals surface area contributed by atoms with Crippen LogP contribution in [-0.2, 0) is 9.59 Å². The fourth-order valence-corrected chi connectivity index (χ4v) is 0.708. The van der Waals surface area contributed by atoms with Gasteiger partial charge < -0.3 is 0 Å². The van der Waals surface area contributed by atoms with E-state index < -0.39 is 11.8 Å². The van der Waals surface area contributed by atoms with Crippen molar-refractivity contribution in [3.8, 4) is 6.19 Å². The zero-order valence-electron chi connectivity index (χ0n) is 5.13. The van der Waals surface area contributed by atoms with Crippen molar-refractivity contribution in [2.45, 2.75) is 0 Å². The first kappa shape index (κ1) is 6.55. The van der Waals surface area contributed by atoms with Crippen molar-refractivity contribution < 1.29 is 9.59 Å². The van der Waals surface area contributed by atoms with Crippen molar-refractivity contribution in [3.05, 3.63) is 0 Å². The van der Waals surface area contributed by atoms with E-state index in [-0.39, 0.29) is 13.1 Å². The molecule has 1 aliphatic heterocycles. The predicted molar refractivity (Wildman–Crippen MR) is 30.3 cm³/mol. The average molecular weight is 139 g/mol. The lowest BCUT2D eigenvalue weighted by molar-refractivity contribution is -0.134. The molecule has 0 saturated carbocycles. The highest BCUT2D eigenvalue weighted by Gasteiger charge is 2.20. The minimum absolute atomic E-state index is 0.0117. The molecule has 10 heavy (non-hydrogen) atoms. The molecular weight excluding hydrogens is 134 g/mol. The molecule has 0 unspecified atom stereocenters. The van der Waals surface area contributed by atoms with Gasteiger partial charge in [-0.15, -0.1) is 0 Å². The molecule has 5 heteroatoms. The zero-order valence-corrected chi connectivity index (χ0v) is 5.13. The minimum Gasteiger partial charge on any atom is -0.293 e. The lowest BCUT2D eigenvalue weighted by Gasteiger charge is -2.18. The third-order valence-corrected chi connectivity index (χ3v) is 1.09. The van der Waals surface area contributed by atoms with Gasteiger partial charge in [0.05, 0.1) is 0 Å². The van der Waals surface area contributed by atoms with Crippen molar-refractivity contribution in [3.63, 3.8) is 0 Å². The second-order valence-electron chi connectivity index (χ2n) is 1.93. The number of nitrogens with zero attached hydrogens (tertiary/aromatic N) is 2. The summed E-state index contributed by atoms with van der Waals surface area (Å²) in [5, 5.41) is 10.3. The van der Waals surface area contributed by atoms with E-state index in [1.54, 1.807) is 6.19 Å². The zero-order chi connectivity index (χ0) is 7.56. The van der Waals surface area contributed by atoms with Crippen molar-refractivity contribution >= 4 is 11.8 Å². The van der Waals surface area contributed by atoms with Crippen molar-refractivity contribution in [2.24, 2.45) is 0 Å². The molecule has 0 atom stereocenters. The van der Waals surface area contributed by atoms with Crippen LogP contribution >= 0.6 is 0 Å². The van der Waals surface area contributed by atoms with Crippen LogP contribution < -0.4 is 5.32 Å². The molecule has 1 fully saturated rings. The molecule has 1 N–H and O–H groups in total. The molecule has 0 bridgehead atoms. The van der Waals surface area contributed by atoms with Gasteiger partial charge in [0.1, 0.15) is 13.1 Å². The minimum atomic E-state index is -0.419. The normalized spacial score (nSPS) is 18.1. The van der Waals surface area contributed by atoms with Crippen LogP contribution in [0.4, 0.5) is 0 Å². The highest BCUT2D eigenvalue weighted by atomic mass is 16.2. The van der Waals surface area contributed by atoms with E-state index in [0.717, 1.165) is 4.90 Å². The fraction of sp³-hybridized carbons (Fsp3) is 0.400. The van der Waals surface area contributed by atoms with Crippen LogP contribution in [0, 0.1) is 11.5 Å². The first-order valence-corrected chi connectivity index (χ1v) is 2.70. The van der Waals surface area contributed by atoms with E-state index in [0.29, 0.717) is 0 Å². The van der Waals surface area contributed by atoms with E-state index in [4.69, 9.17) is 5.26 Å². The van der Waals surface area contributed by atoms with Crippen LogP contribution in [0.25, 0.3) is 0 Å². The molecule has 52 valence electrons. The summed E-state index contributed by atoms with van der Waals surface area (Å²) in [5.41, 5.74) is 0. The number of amides is 2. The largest absolute Gasteiger partial charge is 0.293 e. The van der Waals surface area contributed by atoms with Crippen LogP contribution in [-0.4, -0.2) is 29.8 Å². The molecule has 0 aromatic rings. The molecule has 1 heterocycles. The summed E-state index contributed by atoms with van der Waals surface area (Å²) in [7, 11) is 0. The van der Waals surface area contributed by atoms with Gasteiger partial charge in [0, 0.05) is 0 Å². The second-order valence-corrected chi connectivity index (χ2v) is 1.93. The number of piperazine rings is 1. The van der Waals surface area contributed by atoms with Gasteiger partial charge in [-0.05, 0) is 0 Å². The summed E-state index contributed by atoms with van der Waals surface area (Å²) >= 11 is 0. The van der Waals surface area contributed by atoms with Crippen molar-refractivity contribution in [1.82, 2.24) is 10.2 Å². The highest BCUT2D eigenvalue weighted by molar-refractivity contribution is 5.99. The van der Waals surface area contributed by atoms with E-state index in [9.17, 15) is 9.59 Å². The maximum absolute atomic E-state index is 10.5. The van der Waals surface area contributed by atoms with Crippen LogP contribution in [0.5, 0.6) is 0 Å². The summed E-state index contributed by atoms with van der Waals surface area (Å²) in [5.74, 6) is -0.837. The van der Waals surface area contributed by atoms with Gasteiger partial charge >= 0.3 is 0 Å². The van der Waals surface area contributed by atoms with E-state index in [2.05, 4.69) is 5.32 Å². The Balaban J connectivity index is 2.61. The van der Waals surface area contributed by atoms with Gasteiger partial charge in [0.15, 0.2) is 6.19 Å². The molecule has 1 saturated heterocycles. The molecule has 1 rings (SSSR count). The standard InChI is InChI=1S/C5H5N3O2/c6-3-8-1-4(9)7-5(10)2-8/h1-2H2,(H,7,9,10). The molecular formula is C5H5N3O2. The SMILES string of the molecule is N#CN1CC(=O)NC(=O)C1. The molecule has 0 aromatic heterocycles. The van der Waals surface area contributed by atoms with Crippen LogP contribution in [0.15, 0.2) is 0 Å². The Morgan fingerprint density at radius 3 is 2.30 bits per heavy atom. The Hall–Kier alpha value is -1.57. The number of imide groups is 1. The van der Waals surface area contributed by atoms with Gasteiger partial charge in [-0.2, -0.15) is 5.26 Å². The monoisotopic (exact) mass is 139 g/mol. The second kappa shape index (κ2) is 2.35. The number of rotatable bonds is 0. The topological polar surface area (TPSA) is 73.2 Å². The molecule has 1 aliphatic rings. The molecule has 0 aliphatic carbocycles. The summed E-state index contributed by atoms with van der Waals surface area (Å²) in [4.78, 5) is 22.1. The molecule has 0 spiro atoms. The molecule has 0 aromatic carbocycles. The Morgan fingerprint density at radius 1 is 1.40 bits per heavy atom. The lowest BCUT2D eigenvalue weighted by atomic mass is 10.4. The fourth-order valence-electron chi connectivity index (χ4n) is 0.708. The highest BCUT2D eigenvalue weighted by Crippen LogP contribution is 1.90. The van der Waals surface area contributed by atoms with Crippen LogP contribution in [0.2, 0.25) is 0 Å². The van der Waals surface area contributed by atoms with Gasteiger partial charge in [0.25, 0.3) is 0 Å². The Kier molecular flexibility index (Phi) is 1.54. The van der Waals surface area contributed by atoms with Gasteiger partial charge in [0.2, 0.25) is 11.8 Å². The van der Waals surface area contributed by atoms with E-state index in [1.165, 1.54) is 0 Å². The Labute approximate surface area is 57.2 Å². The molecule has 0 radical (unpaired) electrons. The van der Waals surface area contributed by atoms with Gasteiger partial charge in [-0.3, -0.25) is 19.8 Å². The third-order valence-electron chi connectivity index (χ3n) is 1.09. The molecule has 5 nitrogen and oxygen atoms in total. The summed E-state index contributed by atoms with van der Waals surface area (Å²) in [6, 6.07) is 0. The van der Waals surface area contributed by atoms with Crippen molar-refractivity contribution in [2.75, 3.05) is 13.1 Å². The number of nitriles is 1. The van der Waals surface area contributed by atoms with Crippen LogP contribution in [0.3, 0.4) is 0 Å². The summed E-state index contributed by atoms with van der Waals surface area (Å²) in [6.07, 6.45) is 1.72. The number of carbonyl (C=O) groups excluding carboxylic acids is 2. The molecule has 2 amide bonds. The first-order chi connectivity index (χ1) is 4.72.